The summed E-state index contributed by atoms with van der Waals surface area (Å²) in [5, 5.41) is 12.7. The van der Waals surface area contributed by atoms with Crippen molar-refractivity contribution < 1.29 is 14.3 Å². The van der Waals surface area contributed by atoms with E-state index in [1.54, 1.807) is 7.11 Å². The molecule has 2 heterocycles. The van der Waals surface area contributed by atoms with E-state index in [-0.39, 0.29) is 17.3 Å². The van der Waals surface area contributed by atoms with Gasteiger partial charge in [-0.3, -0.25) is 9.36 Å². The summed E-state index contributed by atoms with van der Waals surface area (Å²) in [6.45, 7) is 3.43. The van der Waals surface area contributed by atoms with Crippen molar-refractivity contribution in [3.8, 4) is 17.1 Å². The van der Waals surface area contributed by atoms with E-state index in [1.165, 1.54) is 31.0 Å². The molecule has 2 fully saturated rings. The Morgan fingerprint density at radius 2 is 1.97 bits per heavy atom. The monoisotopic (exact) mass is 444 g/mol. The van der Waals surface area contributed by atoms with Crippen LogP contribution in [0.3, 0.4) is 0 Å². The molecule has 1 aromatic carbocycles. The highest BCUT2D eigenvalue weighted by Gasteiger charge is 2.26. The molecule has 4 rings (SSSR count). The zero-order valence-corrected chi connectivity index (χ0v) is 19.2. The average molecular weight is 445 g/mol. The predicted molar refractivity (Wildman–Crippen MR) is 121 cm³/mol. The fourth-order valence-electron chi connectivity index (χ4n) is 4.26. The number of carbonyl (C=O) groups is 1. The van der Waals surface area contributed by atoms with E-state index in [9.17, 15) is 4.79 Å². The van der Waals surface area contributed by atoms with Crippen molar-refractivity contribution in [3.05, 3.63) is 24.3 Å². The quantitative estimate of drug-likeness (QED) is 0.619. The predicted octanol–water partition coefficient (Wildman–Crippen LogP) is 4.06. The highest BCUT2D eigenvalue weighted by atomic mass is 32.2. The van der Waals surface area contributed by atoms with Crippen LogP contribution in [0.5, 0.6) is 5.75 Å². The van der Waals surface area contributed by atoms with Crippen LogP contribution in [0.4, 0.5) is 0 Å². The van der Waals surface area contributed by atoms with Gasteiger partial charge in [0.15, 0.2) is 11.0 Å². The molecule has 0 spiro atoms. The summed E-state index contributed by atoms with van der Waals surface area (Å²) in [5.74, 6) is 1.67. The first-order chi connectivity index (χ1) is 15.1. The number of hydrogen-bond donors (Lipinski definition) is 1. The second-order valence-corrected chi connectivity index (χ2v) is 9.69. The standard InChI is InChI=1S/C23H32N4O3S/c1-16(22(28)24-18-7-4-3-5-8-18)31-23-26-25-21(17-10-12-19(29-2)13-11-17)27(23)15-20-9-6-14-30-20/h10-13,16,18,20H,3-9,14-15H2,1-2H3,(H,24,28). The van der Waals surface area contributed by atoms with Gasteiger partial charge in [-0.1, -0.05) is 31.0 Å². The summed E-state index contributed by atoms with van der Waals surface area (Å²) in [5.41, 5.74) is 0.970. The van der Waals surface area contributed by atoms with E-state index in [0.29, 0.717) is 12.6 Å². The lowest BCUT2D eigenvalue weighted by Crippen LogP contribution is -2.40. The minimum absolute atomic E-state index is 0.0783. The molecule has 1 N–H and O–H groups in total. The van der Waals surface area contributed by atoms with Crippen molar-refractivity contribution in [1.29, 1.82) is 0 Å². The number of thioether (sulfide) groups is 1. The van der Waals surface area contributed by atoms with Gasteiger partial charge in [-0.25, -0.2) is 0 Å². The number of hydrogen-bond acceptors (Lipinski definition) is 6. The molecule has 2 aliphatic rings. The Morgan fingerprint density at radius 1 is 1.19 bits per heavy atom. The molecule has 2 atom stereocenters. The van der Waals surface area contributed by atoms with E-state index in [2.05, 4.69) is 20.1 Å². The van der Waals surface area contributed by atoms with Gasteiger partial charge in [-0.15, -0.1) is 10.2 Å². The molecule has 1 saturated carbocycles. The summed E-state index contributed by atoms with van der Waals surface area (Å²) in [6, 6.07) is 8.13. The number of ether oxygens (including phenoxy) is 2. The maximum absolute atomic E-state index is 12.8. The molecule has 168 valence electrons. The third-order valence-electron chi connectivity index (χ3n) is 6.08. The van der Waals surface area contributed by atoms with Gasteiger partial charge in [-0.05, 0) is 56.9 Å². The van der Waals surface area contributed by atoms with Crippen LogP contribution in [0.2, 0.25) is 0 Å². The molecular formula is C23H32N4O3S. The minimum Gasteiger partial charge on any atom is -0.497 e. The number of aromatic nitrogens is 3. The zero-order chi connectivity index (χ0) is 21.6. The fourth-order valence-corrected chi connectivity index (χ4v) is 5.13. The van der Waals surface area contributed by atoms with Gasteiger partial charge in [0.05, 0.1) is 25.0 Å². The summed E-state index contributed by atoms with van der Waals surface area (Å²) in [7, 11) is 1.66. The van der Waals surface area contributed by atoms with E-state index in [1.807, 2.05) is 31.2 Å². The van der Waals surface area contributed by atoms with Gasteiger partial charge in [0, 0.05) is 18.2 Å². The Kier molecular flexibility index (Phi) is 7.50. The first-order valence-corrected chi connectivity index (χ1v) is 12.2. The molecule has 1 aliphatic carbocycles. The van der Waals surface area contributed by atoms with Gasteiger partial charge in [-0.2, -0.15) is 0 Å². The second kappa shape index (κ2) is 10.5. The maximum Gasteiger partial charge on any atom is 0.233 e. The second-order valence-electron chi connectivity index (χ2n) is 8.38. The van der Waals surface area contributed by atoms with Gasteiger partial charge in [0.1, 0.15) is 5.75 Å². The number of rotatable bonds is 8. The number of benzene rings is 1. The van der Waals surface area contributed by atoms with Crippen LogP contribution in [0.25, 0.3) is 11.4 Å². The summed E-state index contributed by atoms with van der Waals surface area (Å²) >= 11 is 1.47. The highest BCUT2D eigenvalue weighted by Crippen LogP contribution is 2.30. The molecule has 2 aromatic rings. The zero-order valence-electron chi connectivity index (χ0n) is 18.4. The summed E-state index contributed by atoms with van der Waals surface area (Å²) in [4.78, 5) is 12.8. The van der Waals surface area contributed by atoms with Crippen molar-refractivity contribution >= 4 is 17.7 Å². The number of methoxy groups -OCH3 is 1. The van der Waals surface area contributed by atoms with Gasteiger partial charge >= 0.3 is 0 Å². The van der Waals surface area contributed by atoms with E-state index >= 15 is 0 Å². The Labute approximate surface area is 188 Å². The highest BCUT2D eigenvalue weighted by molar-refractivity contribution is 8.00. The molecule has 31 heavy (non-hydrogen) atoms. The Bertz CT molecular complexity index is 858. The van der Waals surface area contributed by atoms with E-state index in [4.69, 9.17) is 9.47 Å². The lowest BCUT2D eigenvalue weighted by atomic mass is 9.95. The van der Waals surface area contributed by atoms with Gasteiger partial charge in [0.25, 0.3) is 0 Å². The molecule has 0 bridgehead atoms. The molecule has 7 nitrogen and oxygen atoms in total. The average Bonchev–Trinajstić information content (AvgIpc) is 3.45. The van der Waals surface area contributed by atoms with Crippen molar-refractivity contribution in [1.82, 2.24) is 20.1 Å². The van der Waals surface area contributed by atoms with Crippen molar-refractivity contribution in [3.63, 3.8) is 0 Å². The van der Waals surface area contributed by atoms with Crippen LogP contribution in [0.15, 0.2) is 29.4 Å². The smallest absolute Gasteiger partial charge is 0.233 e. The van der Waals surface area contributed by atoms with E-state index < -0.39 is 0 Å². The minimum atomic E-state index is -0.238. The largest absolute Gasteiger partial charge is 0.497 e. The Hall–Kier alpha value is -2.06. The van der Waals surface area contributed by atoms with Crippen LogP contribution < -0.4 is 10.1 Å². The van der Waals surface area contributed by atoms with Crippen molar-refractivity contribution in [2.24, 2.45) is 0 Å². The molecule has 0 radical (unpaired) electrons. The molecule has 1 aromatic heterocycles. The third-order valence-corrected chi connectivity index (χ3v) is 7.16. The molecule has 1 amide bonds. The molecule has 1 aliphatic heterocycles. The van der Waals surface area contributed by atoms with Gasteiger partial charge in [0.2, 0.25) is 5.91 Å². The Morgan fingerprint density at radius 3 is 2.65 bits per heavy atom. The van der Waals surface area contributed by atoms with Gasteiger partial charge < -0.3 is 14.8 Å². The summed E-state index contributed by atoms with van der Waals surface area (Å²) in [6.07, 6.45) is 8.10. The SMILES string of the molecule is COc1ccc(-c2nnc(SC(C)C(=O)NC3CCCCC3)n2CC2CCCO2)cc1. The Balaban J connectivity index is 1.51. The number of carbonyl (C=O) groups excluding carboxylic acids is 1. The van der Waals surface area contributed by atoms with Crippen LogP contribution in [0.1, 0.15) is 51.9 Å². The lowest BCUT2D eigenvalue weighted by Gasteiger charge is -2.24. The summed E-state index contributed by atoms with van der Waals surface area (Å²) < 4.78 is 13.3. The van der Waals surface area contributed by atoms with E-state index in [0.717, 1.165) is 54.6 Å². The first kappa shape index (κ1) is 22.1. The van der Waals surface area contributed by atoms with Crippen LogP contribution in [0, 0.1) is 0 Å². The first-order valence-electron chi connectivity index (χ1n) is 11.3. The van der Waals surface area contributed by atoms with Crippen molar-refractivity contribution in [2.75, 3.05) is 13.7 Å². The topological polar surface area (TPSA) is 78.3 Å². The normalized spacial score (nSPS) is 20.5. The molecular weight excluding hydrogens is 412 g/mol. The van der Waals surface area contributed by atoms with Crippen molar-refractivity contribution in [2.45, 2.75) is 81.0 Å². The number of nitrogens with one attached hydrogen (secondary N) is 1. The fraction of sp³-hybridized carbons (Fsp3) is 0.609. The van der Waals surface area contributed by atoms with Crippen LogP contribution in [-0.2, 0) is 16.1 Å². The van der Waals surface area contributed by atoms with Crippen LogP contribution in [-0.4, -0.2) is 51.8 Å². The molecule has 8 heteroatoms. The number of nitrogens with zero attached hydrogens (tertiary/aromatic N) is 3. The van der Waals surface area contributed by atoms with Crippen LogP contribution >= 0.6 is 11.8 Å². The molecule has 2 unspecified atom stereocenters. The number of amides is 1. The third kappa shape index (κ3) is 5.60. The maximum atomic E-state index is 12.8. The molecule has 1 saturated heterocycles. The lowest BCUT2D eigenvalue weighted by molar-refractivity contribution is -0.121.